The Hall–Kier alpha value is -2.35. The van der Waals surface area contributed by atoms with Crippen molar-refractivity contribution in [2.24, 2.45) is 35.5 Å². The van der Waals surface area contributed by atoms with E-state index in [2.05, 4.69) is 40.4 Å². The van der Waals surface area contributed by atoms with E-state index < -0.39 is 23.8 Å². The van der Waals surface area contributed by atoms with Crippen LogP contribution in [0.25, 0.3) is 0 Å². The van der Waals surface area contributed by atoms with Gasteiger partial charge in [-0.1, -0.05) is 44.9 Å². The van der Waals surface area contributed by atoms with Crippen molar-refractivity contribution in [1.29, 1.82) is 0 Å². The molecule has 4 aliphatic rings. The fourth-order valence-corrected chi connectivity index (χ4v) is 8.37. The van der Waals surface area contributed by atoms with Gasteiger partial charge in [-0.3, -0.25) is 14.7 Å². The molecule has 238 valence electrons. The van der Waals surface area contributed by atoms with Gasteiger partial charge in [-0.15, -0.1) is 0 Å². The Labute approximate surface area is 255 Å². The lowest BCUT2D eigenvalue weighted by atomic mass is 9.75. The molecule has 2 unspecified atom stereocenters. The number of hydrogen-bond acceptors (Lipinski definition) is 4. The van der Waals surface area contributed by atoms with Gasteiger partial charge >= 0.3 is 12.1 Å². The number of allylic oxidation sites excluding steroid dienone is 2. The third-order valence-corrected chi connectivity index (χ3v) is 11.0. The lowest BCUT2D eigenvalue weighted by molar-refractivity contribution is -0.145. The van der Waals surface area contributed by atoms with E-state index in [9.17, 15) is 23.1 Å². The number of halogens is 3. The van der Waals surface area contributed by atoms with Gasteiger partial charge in [0.1, 0.15) is 6.04 Å². The van der Waals surface area contributed by atoms with E-state index in [0.29, 0.717) is 30.1 Å². The van der Waals surface area contributed by atoms with E-state index in [4.69, 9.17) is 0 Å². The monoisotopic (exact) mass is 601 g/mol. The minimum absolute atomic E-state index is 0.245. The molecule has 1 N–H and O–H groups in total. The SMILES string of the molecule is C=C([C@H]1CN([C@@H](C(=O)O)C2CCCCC2)C[C@@H]1C1C=CC(C)CC1)N1CCC(CCCc2ccc(C(F)(F)F)cn2)CC1. The molecular formula is C35H50F3N3O2. The van der Waals surface area contributed by atoms with Crippen molar-refractivity contribution >= 4 is 5.97 Å². The van der Waals surface area contributed by atoms with Crippen molar-refractivity contribution in [3.05, 3.63) is 54.0 Å². The number of aromatic nitrogens is 1. The van der Waals surface area contributed by atoms with E-state index in [-0.39, 0.29) is 11.8 Å². The number of pyridine rings is 1. The molecule has 2 saturated heterocycles. The number of aryl methyl sites for hydroxylation is 1. The van der Waals surface area contributed by atoms with Crippen molar-refractivity contribution in [3.8, 4) is 0 Å². The number of carboxylic acids is 1. The molecule has 0 aromatic carbocycles. The first-order chi connectivity index (χ1) is 20.6. The molecule has 0 bridgehead atoms. The predicted molar refractivity (Wildman–Crippen MR) is 163 cm³/mol. The summed E-state index contributed by atoms with van der Waals surface area (Å²) >= 11 is 0. The van der Waals surface area contributed by atoms with Gasteiger partial charge in [-0.2, -0.15) is 13.2 Å². The lowest BCUT2D eigenvalue weighted by Gasteiger charge is -2.39. The van der Waals surface area contributed by atoms with Crippen LogP contribution in [0.3, 0.4) is 0 Å². The van der Waals surface area contributed by atoms with E-state index in [1.54, 1.807) is 0 Å². The van der Waals surface area contributed by atoms with Crippen LogP contribution in [0, 0.1) is 35.5 Å². The Bertz CT molecular complexity index is 1110. The number of likely N-dealkylation sites (tertiary alicyclic amines) is 2. The average Bonchev–Trinajstić information content (AvgIpc) is 3.42. The van der Waals surface area contributed by atoms with Crippen LogP contribution in [0.1, 0.15) is 88.8 Å². The maximum atomic E-state index is 12.8. The smallest absolute Gasteiger partial charge is 0.417 e. The quantitative estimate of drug-likeness (QED) is 0.277. The summed E-state index contributed by atoms with van der Waals surface area (Å²) in [6, 6.07) is 2.24. The maximum Gasteiger partial charge on any atom is 0.417 e. The Morgan fingerprint density at radius 3 is 2.40 bits per heavy atom. The van der Waals surface area contributed by atoms with Gasteiger partial charge in [0.25, 0.3) is 0 Å². The summed E-state index contributed by atoms with van der Waals surface area (Å²) in [6.45, 7) is 10.5. The zero-order valence-corrected chi connectivity index (χ0v) is 25.8. The van der Waals surface area contributed by atoms with Crippen LogP contribution in [0.15, 0.2) is 42.8 Å². The first-order valence-electron chi connectivity index (χ1n) is 16.7. The largest absolute Gasteiger partial charge is 0.480 e. The van der Waals surface area contributed by atoms with Crippen molar-refractivity contribution in [3.63, 3.8) is 0 Å². The fraction of sp³-hybridized carbons (Fsp3) is 0.714. The molecule has 5 atom stereocenters. The van der Waals surface area contributed by atoms with Gasteiger partial charge in [0, 0.05) is 49.7 Å². The summed E-state index contributed by atoms with van der Waals surface area (Å²) in [5, 5.41) is 10.4. The number of nitrogens with zero attached hydrogens (tertiary/aromatic N) is 3. The van der Waals surface area contributed by atoms with Crippen LogP contribution in [0.2, 0.25) is 0 Å². The minimum Gasteiger partial charge on any atom is -0.480 e. The Morgan fingerprint density at radius 1 is 1.05 bits per heavy atom. The van der Waals surface area contributed by atoms with Crippen LogP contribution in [-0.2, 0) is 17.4 Å². The van der Waals surface area contributed by atoms with Gasteiger partial charge in [-0.05, 0) is 99.5 Å². The number of hydrogen-bond donors (Lipinski definition) is 1. The molecule has 1 aromatic heterocycles. The molecule has 1 saturated carbocycles. The third-order valence-electron chi connectivity index (χ3n) is 11.0. The average molecular weight is 602 g/mol. The zero-order chi connectivity index (χ0) is 30.6. The highest BCUT2D eigenvalue weighted by Crippen LogP contribution is 2.43. The lowest BCUT2D eigenvalue weighted by Crippen LogP contribution is -2.46. The Morgan fingerprint density at radius 2 is 1.79 bits per heavy atom. The molecule has 8 heteroatoms. The molecule has 3 fully saturated rings. The first kappa shape index (κ1) is 32.1. The topological polar surface area (TPSA) is 56.7 Å². The summed E-state index contributed by atoms with van der Waals surface area (Å²) in [7, 11) is 0. The number of alkyl halides is 3. The standard InChI is InChI=1S/C35H50F3N3O2/c1-24-11-13-27(14-12-24)32-23-41(33(34(42)43)28-8-4-3-5-9-28)22-31(32)25(2)40-19-17-26(18-20-40)7-6-10-30-16-15-29(21-39-30)35(36,37)38/h11,13,15-16,21,24,26-28,31-33H,2-10,12,14,17-20,22-23H2,1H3,(H,42,43)/t24?,27?,31-,32-,33-/m1/s1. The molecule has 2 aliphatic heterocycles. The van der Waals surface area contributed by atoms with Gasteiger partial charge in [0.2, 0.25) is 0 Å². The molecule has 3 heterocycles. The molecule has 0 spiro atoms. The number of aliphatic carboxylic acids is 1. The summed E-state index contributed by atoms with van der Waals surface area (Å²) in [5.41, 5.74) is 1.22. The Balaban J connectivity index is 1.17. The summed E-state index contributed by atoms with van der Waals surface area (Å²) < 4.78 is 38.4. The second-order valence-electron chi connectivity index (χ2n) is 13.9. The molecule has 5 nitrogen and oxygen atoms in total. The van der Waals surface area contributed by atoms with Crippen molar-refractivity contribution in [2.75, 3.05) is 26.2 Å². The minimum atomic E-state index is -4.35. The van der Waals surface area contributed by atoms with E-state index >= 15 is 0 Å². The van der Waals surface area contributed by atoms with Gasteiger partial charge in [0.15, 0.2) is 0 Å². The van der Waals surface area contributed by atoms with Crippen LogP contribution in [0.5, 0.6) is 0 Å². The van der Waals surface area contributed by atoms with Gasteiger partial charge in [-0.25, -0.2) is 0 Å². The van der Waals surface area contributed by atoms with Crippen molar-refractivity contribution in [1.82, 2.24) is 14.8 Å². The van der Waals surface area contributed by atoms with Crippen LogP contribution >= 0.6 is 0 Å². The highest BCUT2D eigenvalue weighted by Gasteiger charge is 2.46. The summed E-state index contributed by atoms with van der Waals surface area (Å²) in [6.07, 6.45) is 14.1. The van der Waals surface area contributed by atoms with Crippen LogP contribution in [-0.4, -0.2) is 58.1 Å². The predicted octanol–water partition coefficient (Wildman–Crippen LogP) is 7.83. The molecular weight excluding hydrogens is 551 g/mol. The number of carbonyl (C=O) groups is 1. The third kappa shape index (κ3) is 8.03. The fourth-order valence-electron chi connectivity index (χ4n) is 8.37. The number of rotatable bonds is 10. The normalized spacial score (nSPS) is 28.7. The summed E-state index contributed by atoms with van der Waals surface area (Å²) in [5.74, 6) is 1.94. The summed E-state index contributed by atoms with van der Waals surface area (Å²) in [4.78, 5) is 21.4. The van der Waals surface area contributed by atoms with Crippen molar-refractivity contribution < 1.29 is 23.1 Å². The van der Waals surface area contributed by atoms with Crippen LogP contribution in [0.4, 0.5) is 13.2 Å². The number of piperidine rings is 1. The van der Waals surface area contributed by atoms with E-state index in [0.717, 1.165) is 102 Å². The molecule has 5 rings (SSSR count). The number of carboxylic acid groups (broad SMARTS) is 1. The molecule has 0 radical (unpaired) electrons. The highest BCUT2D eigenvalue weighted by molar-refractivity contribution is 5.74. The van der Waals surface area contributed by atoms with E-state index in [1.807, 2.05) is 0 Å². The highest BCUT2D eigenvalue weighted by atomic mass is 19.4. The molecule has 0 amide bonds. The Kier molecular flexibility index (Phi) is 10.6. The second-order valence-corrected chi connectivity index (χ2v) is 13.9. The van der Waals surface area contributed by atoms with Gasteiger partial charge < -0.3 is 10.0 Å². The molecule has 1 aromatic rings. The second kappa shape index (κ2) is 14.2. The van der Waals surface area contributed by atoms with Crippen LogP contribution < -0.4 is 0 Å². The molecule has 2 aliphatic carbocycles. The van der Waals surface area contributed by atoms with Gasteiger partial charge in [0.05, 0.1) is 5.56 Å². The zero-order valence-electron chi connectivity index (χ0n) is 25.8. The maximum absolute atomic E-state index is 12.8. The van der Waals surface area contributed by atoms with Crippen molar-refractivity contribution in [2.45, 2.75) is 96.2 Å². The molecule has 43 heavy (non-hydrogen) atoms. The van der Waals surface area contributed by atoms with E-state index in [1.165, 1.54) is 24.6 Å². The first-order valence-corrected chi connectivity index (χ1v) is 16.7.